The first-order chi connectivity index (χ1) is 13.5. The fourth-order valence-electron chi connectivity index (χ4n) is 3.15. The molecule has 1 amide bonds. The van der Waals surface area contributed by atoms with E-state index in [1.165, 1.54) is 0 Å². The predicted octanol–water partition coefficient (Wildman–Crippen LogP) is 4.63. The lowest BCUT2D eigenvalue weighted by Crippen LogP contribution is -2.30. The van der Waals surface area contributed by atoms with Crippen LogP contribution in [0, 0.1) is 6.92 Å². The number of hydrogen-bond acceptors (Lipinski definition) is 5. The maximum atomic E-state index is 13.2. The van der Waals surface area contributed by atoms with Crippen LogP contribution in [0.2, 0.25) is 0 Å². The predicted molar refractivity (Wildman–Crippen MR) is 110 cm³/mol. The van der Waals surface area contributed by atoms with Crippen LogP contribution >= 0.6 is 15.9 Å². The lowest BCUT2D eigenvalue weighted by molar-refractivity contribution is -0.117. The van der Waals surface area contributed by atoms with E-state index in [4.69, 9.17) is 9.15 Å². The van der Waals surface area contributed by atoms with Gasteiger partial charge in [-0.25, -0.2) is 0 Å². The second-order valence-electron chi connectivity index (χ2n) is 6.50. The van der Waals surface area contributed by atoms with Crippen molar-refractivity contribution in [1.29, 1.82) is 0 Å². The first-order valence-electron chi connectivity index (χ1n) is 8.77. The Balaban J connectivity index is 1.73. The third kappa shape index (κ3) is 3.71. The van der Waals surface area contributed by atoms with Crippen molar-refractivity contribution in [3.63, 3.8) is 0 Å². The molecule has 0 fully saturated rings. The Bertz CT molecular complexity index is 1060. The maximum absolute atomic E-state index is 13.2. The fourth-order valence-corrected chi connectivity index (χ4v) is 3.50. The summed E-state index contributed by atoms with van der Waals surface area (Å²) in [6, 6.07) is 13.6. The Morgan fingerprint density at radius 1 is 1.18 bits per heavy atom. The van der Waals surface area contributed by atoms with Crippen LogP contribution in [0.25, 0.3) is 11.6 Å². The molecule has 0 spiro atoms. The third-order valence-electron chi connectivity index (χ3n) is 4.56. The summed E-state index contributed by atoms with van der Waals surface area (Å²) >= 11 is 3.51. The Morgan fingerprint density at radius 2 is 1.96 bits per heavy atom. The van der Waals surface area contributed by atoms with E-state index in [2.05, 4.69) is 26.1 Å². The molecule has 0 unspecified atom stereocenters. The highest BCUT2D eigenvalue weighted by Crippen LogP contribution is 2.35. The van der Waals surface area contributed by atoms with Gasteiger partial charge in [0.1, 0.15) is 5.75 Å². The molecule has 2 aromatic carbocycles. The van der Waals surface area contributed by atoms with Crippen LogP contribution in [0.3, 0.4) is 0 Å². The van der Waals surface area contributed by atoms with Crippen molar-refractivity contribution in [1.82, 2.24) is 10.2 Å². The van der Waals surface area contributed by atoms with Gasteiger partial charge in [-0.05, 0) is 41.5 Å². The van der Waals surface area contributed by atoms with Gasteiger partial charge in [-0.2, -0.15) is 0 Å². The molecule has 3 aromatic rings. The van der Waals surface area contributed by atoms with Crippen molar-refractivity contribution in [3.05, 3.63) is 69.8 Å². The van der Waals surface area contributed by atoms with Crippen LogP contribution in [-0.2, 0) is 11.3 Å². The van der Waals surface area contributed by atoms with Crippen molar-refractivity contribution in [3.8, 4) is 5.75 Å². The Hall–Kier alpha value is -2.93. The maximum Gasteiger partial charge on any atom is 0.244 e. The van der Waals surface area contributed by atoms with Crippen LogP contribution in [-0.4, -0.2) is 23.2 Å². The molecule has 0 saturated carbocycles. The summed E-state index contributed by atoms with van der Waals surface area (Å²) in [6.45, 7) is 2.19. The normalized spacial score (nSPS) is 13.8. The number of hydrogen-bond donors (Lipinski definition) is 0. The van der Waals surface area contributed by atoms with Crippen LogP contribution in [0.1, 0.15) is 29.3 Å². The van der Waals surface area contributed by atoms with Gasteiger partial charge in [0.25, 0.3) is 0 Å². The number of benzene rings is 2. The van der Waals surface area contributed by atoms with Gasteiger partial charge >= 0.3 is 0 Å². The fraction of sp³-hybridized carbons (Fsp3) is 0.190. The number of rotatable bonds is 4. The molecule has 0 aliphatic carbocycles. The second kappa shape index (κ2) is 7.59. The number of nitrogens with zero attached hydrogens (tertiary/aromatic N) is 3. The average molecular weight is 440 g/mol. The van der Waals surface area contributed by atoms with E-state index >= 15 is 0 Å². The van der Waals surface area contributed by atoms with E-state index in [0.717, 1.165) is 27.0 Å². The number of aryl methyl sites for hydroxylation is 1. The van der Waals surface area contributed by atoms with Crippen LogP contribution in [0.4, 0.5) is 5.69 Å². The molecule has 1 aromatic heterocycles. The lowest BCUT2D eigenvalue weighted by Gasteiger charge is -2.23. The quantitative estimate of drug-likeness (QED) is 0.592. The van der Waals surface area contributed by atoms with Crippen molar-refractivity contribution >= 4 is 39.2 Å². The van der Waals surface area contributed by atoms with Crippen LogP contribution in [0.5, 0.6) is 5.75 Å². The van der Waals surface area contributed by atoms with Gasteiger partial charge in [0.15, 0.2) is 0 Å². The molecule has 0 N–H and O–H groups in total. The smallest absolute Gasteiger partial charge is 0.244 e. The zero-order valence-electron chi connectivity index (χ0n) is 15.5. The van der Waals surface area contributed by atoms with Crippen LogP contribution < -0.4 is 9.64 Å². The second-order valence-corrected chi connectivity index (χ2v) is 7.42. The molecule has 28 heavy (non-hydrogen) atoms. The average Bonchev–Trinajstić information content (AvgIpc) is 3.08. The third-order valence-corrected chi connectivity index (χ3v) is 5.05. The molecular formula is C21H18BrN3O3. The minimum atomic E-state index is -0.0326. The molecule has 1 aliphatic rings. The van der Waals surface area contributed by atoms with Gasteiger partial charge < -0.3 is 14.1 Å². The van der Waals surface area contributed by atoms with Crippen molar-refractivity contribution in [2.45, 2.75) is 19.9 Å². The number of ether oxygens (including phenoxy) is 1. The first-order valence-corrected chi connectivity index (χ1v) is 9.56. The number of halogens is 1. The number of aromatic nitrogens is 2. The highest BCUT2D eigenvalue weighted by atomic mass is 79.9. The first kappa shape index (κ1) is 18.4. The molecule has 1 aliphatic heterocycles. The monoisotopic (exact) mass is 439 g/mol. The van der Waals surface area contributed by atoms with Crippen LogP contribution in [0.15, 0.2) is 51.4 Å². The number of methoxy groups -OCH3 is 1. The standard InChI is InChI=1S/C21H18BrN3O3/c1-13-23-24-21(28-13)16-9-15-5-6-17(22)11-19(15)25(20(26)10-16)12-14-3-7-18(27-2)8-4-14/h3-9,11H,10,12H2,1-2H3. The van der Waals surface area contributed by atoms with E-state index < -0.39 is 0 Å². The molecule has 0 saturated heterocycles. The summed E-state index contributed by atoms with van der Waals surface area (Å²) < 4.78 is 11.7. The molecule has 0 radical (unpaired) electrons. The van der Waals surface area contributed by atoms with E-state index in [9.17, 15) is 4.79 Å². The van der Waals surface area contributed by atoms with Crippen molar-refractivity contribution < 1.29 is 13.9 Å². The van der Waals surface area contributed by atoms with E-state index in [-0.39, 0.29) is 12.3 Å². The SMILES string of the molecule is COc1ccc(CN2C(=O)CC(c3nnc(C)o3)=Cc3ccc(Br)cc32)cc1. The summed E-state index contributed by atoms with van der Waals surface area (Å²) in [6.07, 6.45) is 2.13. The number of carbonyl (C=O) groups excluding carboxylic acids is 1. The zero-order valence-corrected chi connectivity index (χ0v) is 17.1. The number of anilines is 1. The van der Waals surface area contributed by atoms with Gasteiger partial charge in [0.2, 0.25) is 17.7 Å². The van der Waals surface area contributed by atoms with Gasteiger partial charge in [0.05, 0.1) is 25.8 Å². The lowest BCUT2D eigenvalue weighted by atomic mass is 10.1. The molecular weight excluding hydrogens is 422 g/mol. The molecule has 0 bridgehead atoms. The summed E-state index contributed by atoms with van der Waals surface area (Å²) in [5, 5.41) is 7.97. The highest BCUT2D eigenvalue weighted by Gasteiger charge is 2.26. The van der Waals surface area contributed by atoms with E-state index in [1.54, 1.807) is 18.9 Å². The minimum absolute atomic E-state index is 0.0326. The molecule has 6 nitrogen and oxygen atoms in total. The molecule has 142 valence electrons. The highest BCUT2D eigenvalue weighted by molar-refractivity contribution is 9.10. The molecule has 4 rings (SSSR count). The summed E-state index contributed by atoms with van der Waals surface area (Å²) in [5.41, 5.74) is 3.48. The molecule has 7 heteroatoms. The number of carbonyl (C=O) groups is 1. The van der Waals surface area contributed by atoms with Gasteiger partial charge in [-0.1, -0.05) is 34.1 Å². The van der Waals surface area contributed by atoms with E-state index in [1.807, 2.05) is 48.5 Å². The van der Waals surface area contributed by atoms with Gasteiger partial charge in [-0.3, -0.25) is 4.79 Å². The Kier molecular flexibility index (Phi) is 5.00. The van der Waals surface area contributed by atoms with Gasteiger partial charge in [-0.15, -0.1) is 10.2 Å². The summed E-state index contributed by atoms with van der Waals surface area (Å²) in [4.78, 5) is 14.9. The topological polar surface area (TPSA) is 68.5 Å². The Morgan fingerprint density at radius 3 is 2.64 bits per heavy atom. The van der Waals surface area contributed by atoms with Crippen molar-refractivity contribution in [2.75, 3.05) is 12.0 Å². The number of fused-ring (bicyclic) bond motifs is 1. The summed E-state index contributed by atoms with van der Waals surface area (Å²) in [5.74, 6) is 1.60. The molecule has 2 heterocycles. The largest absolute Gasteiger partial charge is 0.497 e. The Labute approximate surface area is 171 Å². The summed E-state index contributed by atoms with van der Waals surface area (Å²) in [7, 11) is 1.63. The van der Waals surface area contributed by atoms with E-state index in [0.29, 0.717) is 23.9 Å². The number of amides is 1. The zero-order chi connectivity index (χ0) is 19.7. The van der Waals surface area contributed by atoms with Crippen molar-refractivity contribution in [2.24, 2.45) is 0 Å². The molecule has 0 atom stereocenters. The minimum Gasteiger partial charge on any atom is -0.497 e. The van der Waals surface area contributed by atoms with Gasteiger partial charge in [0, 0.05) is 17.0 Å².